The molecule has 1 heterocycles. The van der Waals surface area contributed by atoms with Crippen LogP contribution in [0.3, 0.4) is 0 Å². The van der Waals surface area contributed by atoms with Gasteiger partial charge < -0.3 is 0 Å². The molecular weight excluding hydrogens is 473 g/mol. The van der Waals surface area contributed by atoms with E-state index in [9.17, 15) is 14.4 Å². The monoisotopic (exact) mass is 485 g/mol. The van der Waals surface area contributed by atoms with E-state index in [0.717, 1.165) is 16.4 Å². The fraction of sp³-hybridized carbons (Fsp3) is 0.0435. The third kappa shape index (κ3) is 4.67. The minimum absolute atomic E-state index is 0.104. The Balaban J connectivity index is 1.57. The highest BCUT2D eigenvalue weighted by Gasteiger charge is 2.13. The van der Waals surface area contributed by atoms with Crippen LogP contribution in [-0.4, -0.2) is 20.5 Å². The zero-order valence-corrected chi connectivity index (χ0v) is 18.6. The second-order valence-electron chi connectivity index (χ2n) is 6.95. The average Bonchev–Trinajstić information content (AvgIpc) is 2.76. The van der Waals surface area contributed by atoms with E-state index < -0.39 is 11.2 Å². The van der Waals surface area contributed by atoms with E-state index in [0.29, 0.717) is 43.9 Å². The number of carbonyl (C=O) groups is 1. The van der Waals surface area contributed by atoms with Crippen molar-refractivity contribution in [3.63, 3.8) is 0 Å². The van der Waals surface area contributed by atoms with Crippen molar-refractivity contribution in [1.82, 2.24) is 14.8 Å². The van der Waals surface area contributed by atoms with Crippen LogP contribution in [0.5, 0.6) is 0 Å². The molecule has 0 aliphatic rings. The number of H-pyrrole nitrogens is 1. The normalized spacial score (nSPS) is 10.8. The molecule has 4 aromatic rings. The molecule has 1 N–H and O–H groups in total. The summed E-state index contributed by atoms with van der Waals surface area (Å²) in [6, 6.07) is 17.0. The number of nitrogens with one attached hydrogen (secondary N) is 1. The molecule has 0 fully saturated rings. The zero-order valence-electron chi connectivity index (χ0n) is 16.3. The Kier molecular flexibility index (Phi) is 6.28. The maximum Gasteiger partial charge on any atom is 0.349 e. The fourth-order valence-electron chi connectivity index (χ4n) is 3.16. The van der Waals surface area contributed by atoms with Gasteiger partial charge in [0.1, 0.15) is 6.20 Å². The van der Waals surface area contributed by atoms with E-state index in [4.69, 9.17) is 34.8 Å². The molecule has 0 saturated carbocycles. The summed E-state index contributed by atoms with van der Waals surface area (Å²) in [4.78, 5) is 37.9. The third-order valence-electron chi connectivity index (χ3n) is 4.79. The minimum atomic E-state index is -0.696. The summed E-state index contributed by atoms with van der Waals surface area (Å²) in [5, 5.41) is 5.05. The van der Waals surface area contributed by atoms with Crippen LogP contribution in [-0.2, 0) is 6.42 Å². The smallest absolute Gasteiger partial charge is 0.289 e. The number of aromatic amines is 1. The highest BCUT2D eigenvalue weighted by molar-refractivity contribution is 6.36. The van der Waals surface area contributed by atoms with Crippen molar-refractivity contribution in [3.8, 4) is 5.69 Å². The van der Waals surface area contributed by atoms with Crippen LogP contribution in [0.2, 0.25) is 15.1 Å². The van der Waals surface area contributed by atoms with Gasteiger partial charge in [-0.15, -0.1) is 0 Å². The van der Waals surface area contributed by atoms with Crippen LogP contribution in [0.4, 0.5) is 0 Å². The lowest BCUT2D eigenvalue weighted by atomic mass is 9.99. The Hall–Kier alpha value is -3.19. The Bertz CT molecular complexity index is 1400. The van der Waals surface area contributed by atoms with Gasteiger partial charge in [-0.05, 0) is 47.5 Å². The van der Waals surface area contributed by atoms with Crippen LogP contribution in [0.1, 0.15) is 27.0 Å². The van der Waals surface area contributed by atoms with Crippen molar-refractivity contribution in [1.29, 1.82) is 0 Å². The summed E-state index contributed by atoms with van der Waals surface area (Å²) in [5.41, 5.74) is 1.69. The number of nitrogens with zero attached hydrogens (tertiary/aromatic N) is 2. The van der Waals surface area contributed by atoms with Crippen LogP contribution in [0, 0.1) is 0 Å². The van der Waals surface area contributed by atoms with E-state index in [-0.39, 0.29) is 5.78 Å². The van der Waals surface area contributed by atoms with Gasteiger partial charge in [-0.25, -0.2) is 4.79 Å². The maximum atomic E-state index is 12.6. The summed E-state index contributed by atoms with van der Waals surface area (Å²) >= 11 is 18.7. The summed E-state index contributed by atoms with van der Waals surface area (Å²) < 4.78 is 1.00. The Morgan fingerprint density at radius 2 is 1.44 bits per heavy atom. The van der Waals surface area contributed by atoms with Crippen molar-refractivity contribution >= 4 is 40.6 Å². The number of benzene rings is 3. The van der Waals surface area contributed by atoms with Crippen LogP contribution >= 0.6 is 34.8 Å². The number of halogens is 3. The molecule has 32 heavy (non-hydrogen) atoms. The molecule has 4 rings (SSSR count). The molecule has 3 aromatic carbocycles. The SMILES string of the molecule is O=C(c1ccc(Cl)cc1)c1ccc(Cc2c(Cl)cc(-n3ncc(=O)[nH]c3=O)cc2Cl)cc1. The Morgan fingerprint density at radius 1 is 0.875 bits per heavy atom. The highest BCUT2D eigenvalue weighted by Crippen LogP contribution is 2.30. The molecule has 0 atom stereocenters. The van der Waals surface area contributed by atoms with Crippen molar-refractivity contribution in [2.24, 2.45) is 0 Å². The molecule has 0 amide bonds. The number of ketones is 1. The first-order valence-corrected chi connectivity index (χ1v) is 10.5. The highest BCUT2D eigenvalue weighted by atomic mass is 35.5. The molecule has 0 radical (unpaired) electrons. The minimum Gasteiger partial charge on any atom is -0.289 e. The Labute approximate surface area is 197 Å². The molecule has 160 valence electrons. The van der Waals surface area contributed by atoms with Gasteiger partial charge in [-0.2, -0.15) is 9.78 Å². The van der Waals surface area contributed by atoms with Crippen molar-refractivity contribution < 1.29 is 4.79 Å². The van der Waals surface area contributed by atoms with Crippen LogP contribution < -0.4 is 11.2 Å². The van der Waals surface area contributed by atoms with Gasteiger partial charge in [-0.1, -0.05) is 59.1 Å². The lowest BCUT2D eigenvalue weighted by Crippen LogP contribution is -2.30. The van der Waals surface area contributed by atoms with Crippen molar-refractivity contribution in [2.75, 3.05) is 0 Å². The number of hydrogen-bond donors (Lipinski definition) is 1. The second-order valence-corrected chi connectivity index (χ2v) is 8.20. The summed E-state index contributed by atoms with van der Waals surface area (Å²) in [6.45, 7) is 0. The van der Waals surface area contributed by atoms with Gasteiger partial charge >= 0.3 is 5.69 Å². The lowest BCUT2D eigenvalue weighted by molar-refractivity contribution is 0.103. The summed E-state index contributed by atoms with van der Waals surface area (Å²) in [6.07, 6.45) is 1.41. The molecule has 0 spiro atoms. The topological polar surface area (TPSA) is 84.8 Å². The molecular formula is C23H14Cl3N3O3. The predicted octanol–water partition coefficient (Wildman–Crippen LogP) is 4.70. The summed E-state index contributed by atoms with van der Waals surface area (Å²) in [7, 11) is 0. The van der Waals surface area contributed by atoms with E-state index in [1.54, 1.807) is 48.5 Å². The first-order chi connectivity index (χ1) is 15.3. The predicted molar refractivity (Wildman–Crippen MR) is 125 cm³/mol. The standard InChI is InChI=1S/C23H14Cl3N3O3/c24-16-7-5-15(6-8-16)22(31)14-3-1-13(2-4-14)9-18-19(25)10-17(11-20(18)26)29-23(32)28-21(30)12-27-29/h1-8,10-12H,9H2,(H,28,30,32). The van der Waals surface area contributed by atoms with Crippen molar-refractivity contribution in [3.05, 3.63) is 125 Å². The van der Waals surface area contributed by atoms with Gasteiger partial charge in [0.25, 0.3) is 5.56 Å². The van der Waals surface area contributed by atoms with Gasteiger partial charge in [0.05, 0.1) is 5.69 Å². The van der Waals surface area contributed by atoms with E-state index in [1.165, 1.54) is 0 Å². The molecule has 0 bridgehead atoms. The van der Waals surface area contributed by atoms with E-state index in [2.05, 4.69) is 10.1 Å². The van der Waals surface area contributed by atoms with Crippen molar-refractivity contribution in [2.45, 2.75) is 6.42 Å². The number of aromatic nitrogens is 3. The third-order valence-corrected chi connectivity index (χ3v) is 5.71. The van der Waals surface area contributed by atoms with Gasteiger partial charge in [0.2, 0.25) is 0 Å². The van der Waals surface area contributed by atoms with E-state index in [1.807, 2.05) is 12.1 Å². The first kappa shape index (κ1) is 22.0. The van der Waals surface area contributed by atoms with E-state index >= 15 is 0 Å². The van der Waals surface area contributed by atoms with Crippen LogP contribution in [0.25, 0.3) is 5.69 Å². The summed E-state index contributed by atoms with van der Waals surface area (Å²) in [5.74, 6) is -0.104. The maximum absolute atomic E-state index is 12.6. The molecule has 0 aliphatic carbocycles. The van der Waals surface area contributed by atoms with Gasteiger partial charge in [0.15, 0.2) is 5.78 Å². The zero-order chi connectivity index (χ0) is 22.8. The number of rotatable bonds is 5. The Morgan fingerprint density at radius 3 is 2.00 bits per heavy atom. The van der Waals surface area contributed by atoms with Crippen LogP contribution in [0.15, 0.2) is 76.4 Å². The largest absolute Gasteiger partial charge is 0.349 e. The number of hydrogen-bond acceptors (Lipinski definition) is 4. The molecule has 0 aliphatic heterocycles. The molecule has 0 unspecified atom stereocenters. The molecule has 1 aromatic heterocycles. The first-order valence-electron chi connectivity index (χ1n) is 9.38. The molecule has 6 nitrogen and oxygen atoms in total. The lowest BCUT2D eigenvalue weighted by Gasteiger charge is -2.11. The quantitative estimate of drug-likeness (QED) is 0.414. The molecule has 9 heteroatoms. The van der Waals surface area contributed by atoms with Gasteiger partial charge in [-0.3, -0.25) is 14.6 Å². The molecule has 0 saturated heterocycles. The van der Waals surface area contributed by atoms with Gasteiger partial charge in [0, 0.05) is 32.6 Å². The number of carbonyl (C=O) groups excluding carboxylic acids is 1. The average molecular weight is 487 g/mol. The fourth-order valence-corrected chi connectivity index (χ4v) is 3.90. The second kappa shape index (κ2) is 9.12.